The van der Waals surface area contributed by atoms with E-state index in [1.807, 2.05) is 30.3 Å². The predicted octanol–water partition coefficient (Wildman–Crippen LogP) is 1.92. The molecule has 0 unspecified atom stereocenters. The molecule has 1 heterocycles. The number of amides is 2. The third kappa shape index (κ3) is 3.50. The summed E-state index contributed by atoms with van der Waals surface area (Å²) in [6.45, 7) is 3.15. The quantitative estimate of drug-likeness (QED) is 0.914. The number of nitrogens with zero attached hydrogens (tertiary/aromatic N) is 1. The van der Waals surface area contributed by atoms with Crippen LogP contribution in [0.25, 0.3) is 0 Å². The van der Waals surface area contributed by atoms with Crippen molar-refractivity contribution < 1.29 is 14.3 Å². The van der Waals surface area contributed by atoms with Gasteiger partial charge in [0.1, 0.15) is 6.04 Å². The first kappa shape index (κ1) is 14.4. The maximum atomic E-state index is 12.2. The Morgan fingerprint density at radius 2 is 2.10 bits per heavy atom. The molecule has 5 heteroatoms. The monoisotopic (exact) mass is 276 g/mol. The van der Waals surface area contributed by atoms with Crippen LogP contribution in [0, 0.1) is 0 Å². The van der Waals surface area contributed by atoms with Crippen molar-refractivity contribution in [3.8, 4) is 0 Å². The largest absolute Gasteiger partial charge is 0.450 e. The van der Waals surface area contributed by atoms with E-state index in [1.165, 1.54) is 4.90 Å². The number of ether oxygens (including phenoxy) is 1. The molecule has 1 saturated heterocycles. The number of nitrogens with one attached hydrogen (secondary N) is 1. The van der Waals surface area contributed by atoms with E-state index in [-0.39, 0.29) is 5.91 Å². The number of carbonyl (C=O) groups is 2. The van der Waals surface area contributed by atoms with E-state index in [0.29, 0.717) is 26.1 Å². The number of benzene rings is 1. The average molecular weight is 276 g/mol. The number of rotatable bonds is 4. The van der Waals surface area contributed by atoms with Crippen molar-refractivity contribution in [3.63, 3.8) is 0 Å². The fourth-order valence-electron chi connectivity index (χ4n) is 2.37. The van der Waals surface area contributed by atoms with Gasteiger partial charge in [-0.05, 0) is 25.3 Å². The lowest BCUT2D eigenvalue weighted by molar-refractivity contribution is -0.125. The lowest BCUT2D eigenvalue weighted by Crippen LogP contribution is -2.45. The molecule has 108 valence electrons. The highest BCUT2D eigenvalue weighted by atomic mass is 16.6. The van der Waals surface area contributed by atoms with E-state index in [2.05, 4.69) is 5.32 Å². The van der Waals surface area contributed by atoms with Gasteiger partial charge in [-0.1, -0.05) is 30.3 Å². The molecule has 0 bridgehead atoms. The summed E-state index contributed by atoms with van der Waals surface area (Å²) in [6, 6.07) is 9.31. The topological polar surface area (TPSA) is 58.6 Å². The van der Waals surface area contributed by atoms with Gasteiger partial charge < -0.3 is 10.1 Å². The van der Waals surface area contributed by atoms with Crippen molar-refractivity contribution in [1.82, 2.24) is 10.2 Å². The molecule has 0 radical (unpaired) electrons. The van der Waals surface area contributed by atoms with Crippen LogP contribution >= 0.6 is 0 Å². The lowest BCUT2D eigenvalue weighted by Gasteiger charge is -2.23. The fourth-order valence-corrected chi connectivity index (χ4v) is 2.37. The summed E-state index contributed by atoms with van der Waals surface area (Å²) in [7, 11) is 0. The third-order valence-corrected chi connectivity index (χ3v) is 3.37. The standard InChI is InChI=1S/C15H20N2O3/c1-2-20-15(19)17-10-6-9-13(17)14(18)16-11-12-7-4-3-5-8-12/h3-5,7-8,13H,2,6,9-11H2,1H3,(H,16,18)/t13-/m1/s1. The van der Waals surface area contributed by atoms with Crippen molar-refractivity contribution in [2.75, 3.05) is 13.2 Å². The van der Waals surface area contributed by atoms with Crippen molar-refractivity contribution in [2.45, 2.75) is 32.4 Å². The minimum atomic E-state index is -0.405. The van der Waals surface area contributed by atoms with Gasteiger partial charge in [-0.3, -0.25) is 9.69 Å². The normalized spacial score (nSPS) is 17.9. The van der Waals surface area contributed by atoms with Gasteiger partial charge in [-0.25, -0.2) is 4.79 Å². The third-order valence-electron chi connectivity index (χ3n) is 3.37. The Morgan fingerprint density at radius 3 is 2.80 bits per heavy atom. The van der Waals surface area contributed by atoms with Gasteiger partial charge in [0.05, 0.1) is 6.61 Å². The van der Waals surface area contributed by atoms with Crippen LogP contribution < -0.4 is 5.32 Å². The summed E-state index contributed by atoms with van der Waals surface area (Å²) in [4.78, 5) is 25.5. The van der Waals surface area contributed by atoms with E-state index >= 15 is 0 Å². The second-order valence-corrected chi connectivity index (χ2v) is 4.75. The maximum Gasteiger partial charge on any atom is 0.410 e. The van der Waals surface area contributed by atoms with Crippen molar-refractivity contribution in [2.24, 2.45) is 0 Å². The van der Waals surface area contributed by atoms with Crippen LogP contribution in [-0.4, -0.2) is 36.1 Å². The second-order valence-electron chi connectivity index (χ2n) is 4.75. The Labute approximate surface area is 118 Å². The first-order valence-corrected chi connectivity index (χ1v) is 6.97. The SMILES string of the molecule is CCOC(=O)N1CCC[C@@H]1C(=O)NCc1ccccc1. The molecule has 5 nitrogen and oxygen atoms in total. The Balaban J connectivity index is 1.89. The zero-order valence-electron chi connectivity index (χ0n) is 11.7. The minimum Gasteiger partial charge on any atom is -0.450 e. The molecule has 0 spiro atoms. The smallest absolute Gasteiger partial charge is 0.410 e. The van der Waals surface area contributed by atoms with Gasteiger partial charge in [-0.2, -0.15) is 0 Å². The van der Waals surface area contributed by atoms with Crippen LogP contribution in [0.1, 0.15) is 25.3 Å². The number of hydrogen-bond acceptors (Lipinski definition) is 3. The molecule has 20 heavy (non-hydrogen) atoms. The first-order chi connectivity index (χ1) is 9.72. The Bertz CT molecular complexity index is 461. The average Bonchev–Trinajstić information content (AvgIpc) is 2.96. The second kappa shape index (κ2) is 6.93. The predicted molar refractivity (Wildman–Crippen MR) is 75.0 cm³/mol. The van der Waals surface area contributed by atoms with Gasteiger partial charge >= 0.3 is 6.09 Å². The Kier molecular flexibility index (Phi) is 4.98. The van der Waals surface area contributed by atoms with E-state index in [4.69, 9.17) is 4.74 Å². The van der Waals surface area contributed by atoms with Crippen LogP contribution in [0.2, 0.25) is 0 Å². The van der Waals surface area contributed by atoms with Crippen LogP contribution in [0.5, 0.6) is 0 Å². The van der Waals surface area contributed by atoms with E-state index in [0.717, 1.165) is 12.0 Å². The molecule has 1 aromatic rings. The van der Waals surface area contributed by atoms with Crippen molar-refractivity contribution in [1.29, 1.82) is 0 Å². The molecular formula is C15H20N2O3. The molecule has 2 rings (SSSR count). The molecule has 1 aromatic carbocycles. The molecular weight excluding hydrogens is 256 g/mol. The summed E-state index contributed by atoms with van der Waals surface area (Å²) in [5.74, 6) is -0.112. The zero-order chi connectivity index (χ0) is 14.4. The Morgan fingerprint density at radius 1 is 1.35 bits per heavy atom. The van der Waals surface area contributed by atoms with Gasteiger partial charge in [0.15, 0.2) is 0 Å². The molecule has 1 aliphatic rings. The van der Waals surface area contributed by atoms with Crippen LogP contribution in [-0.2, 0) is 16.1 Å². The number of likely N-dealkylation sites (tertiary alicyclic amines) is 1. The molecule has 0 aromatic heterocycles. The van der Waals surface area contributed by atoms with Crippen LogP contribution in [0.4, 0.5) is 4.79 Å². The lowest BCUT2D eigenvalue weighted by atomic mass is 10.2. The molecule has 0 saturated carbocycles. The number of carbonyl (C=O) groups excluding carboxylic acids is 2. The summed E-state index contributed by atoms with van der Waals surface area (Å²) >= 11 is 0. The van der Waals surface area contributed by atoms with Crippen LogP contribution in [0.15, 0.2) is 30.3 Å². The molecule has 0 aliphatic carbocycles. The Hall–Kier alpha value is -2.04. The highest BCUT2D eigenvalue weighted by Crippen LogP contribution is 2.18. The van der Waals surface area contributed by atoms with Crippen molar-refractivity contribution in [3.05, 3.63) is 35.9 Å². The van der Waals surface area contributed by atoms with E-state index < -0.39 is 12.1 Å². The van der Waals surface area contributed by atoms with Gasteiger partial charge in [0.2, 0.25) is 5.91 Å². The van der Waals surface area contributed by atoms with E-state index in [9.17, 15) is 9.59 Å². The molecule has 1 atom stereocenters. The van der Waals surface area contributed by atoms with E-state index in [1.54, 1.807) is 6.92 Å². The molecule has 1 N–H and O–H groups in total. The molecule has 2 amide bonds. The summed E-state index contributed by atoms with van der Waals surface area (Å²) in [6.07, 6.45) is 1.13. The molecule has 1 aliphatic heterocycles. The van der Waals surface area contributed by atoms with Gasteiger partial charge in [0, 0.05) is 13.1 Å². The van der Waals surface area contributed by atoms with Crippen molar-refractivity contribution >= 4 is 12.0 Å². The zero-order valence-corrected chi connectivity index (χ0v) is 11.7. The maximum absolute atomic E-state index is 12.2. The van der Waals surface area contributed by atoms with Crippen LogP contribution in [0.3, 0.4) is 0 Å². The highest BCUT2D eigenvalue weighted by Gasteiger charge is 2.34. The summed E-state index contributed by atoms with van der Waals surface area (Å²) in [5, 5.41) is 2.88. The van der Waals surface area contributed by atoms with Gasteiger partial charge in [-0.15, -0.1) is 0 Å². The molecule has 1 fully saturated rings. The minimum absolute atomic E-state index is 0.112. The van der Waals surface area contributed by atoms with Gasteiger partial charge in [0.25, 0.3) is 0 Å². The fraction of sp³-hybridized carbons (Fsp3) is 0.467. The summed E-state index contributed by atoms with van der Waals surface area (Å²) < 4.78 is 4.98. The highest BCUT2D eigenvalue weighted by molar-refractivity contribution is 5.86. The summed E-state index contributed by atoms with van der Waals surface area (Å²) in [5.41, 5.74) is 1.04. The first-order valence-electron chi connectivity index (χ1n) is 6.97. The number of hydrogen-bond donors (Lipinski definition) is 1.